The van der Waals surface area contributed by atoms with E-state index in [0.29, 0.717) is 37.4 Å². The van der Waals surface area contributed by atoms with Gasteiger partial charge in [0.15, 0.2) is 0 Å². The lowest BCUT2D eigenvalue weighted by Gasteiger charge is -2.25. The van der Waals surface area contributed by atoms with Crippen molar-refractivity contribution in [2.45, 2.75) is 179 Å². The lowest BCUT2D eigenvalue weighted by molar-refractivity contribution is -0.0453. The third kappa shape index (κ3) is 133. The van der Waals surface area contributed by atoms with Crippen molar-refractivity contribution in [2.75, 3.05) is 234 Å². The van der Waals surface area contributed by atoms with Crippen molar-refractivity contribution in [1.82, 2.24) is 54.4 Å². The highest BCUT2D eigenvalue weighted by atomic mass is 32.2. The zero-order valence-corrected chi connectivity index (χ0v) is 80.6. The second-order valence-corrected chi connectivity index (χ2v) is 36.5. The van der Waals surface area contributed by atoms with E-state index in [2.05, 4.69) is 238 Å². The second kappa shape index (κ2) is 101. The van der Waals surface area contributed by atoms with Crippen LogP contribution in [-0.2, 0) is 40.1 Å². The molecule has 0 aromatic rings. The maximum Gasteiger partial charge on any atom is 0.511 e. The van der Waals surface area contributed by atoms with Crippen LogP contribution in [0.1, 0.15) is 168 Å². The minimum atomic E-state index is -5.23. The maximum absolute atomic E-state index is 11.7. The normalized spacial score (nSPS) is 13.0. The van der Waals surface area contributed by atoms with Crippen LogP contribution in [0.4, 0.5) is 26.3 Å². The molecule has 0 radical (unpaired) electrons. The van der Waals surface area contributed by atoms with Gasteiger partial charge in [-0.25, -0.2) is 52.6 Å². The Hall–Kier alpha value is 3.10. The van der Waals surface area contributed by atoms with Gasteiger partial charge in [-0.2, -0.15) is 178 Å². The van der Waals surface area contributed by atoms with E-state index in [1.807, 2.05) is 7.05 Å². The van der Waals surface area contributed by atoms with E-state index < -0.39 is 51.1 Å². The van der Waals surface area contributed by atoms with Gasteiger partial charge in [0.05, 0.1) is 12.5 Å². The van der Waals surface area contributed by atoms with Crippen molar-refractivity contribution in [1.29, 1.82) is 0 Å². The molecule has 0 unspecified atom stereocenters. The Kier molecular flexibility index (Phi) is 124. The largest absolute Gasteiger partial charge is 0.511 e. The van der Waals surface area contributed by atoms with Crippen LogP contribution in [-0.4, -0.2) is 298 Å². The van der Waals surface area contributed by atoms with Crippen LogP contribution < -0.4 is 40.6 Å². The molecule has 0 saturated carbocycles. The fraction of sp³-hybridized carbons (Fsp3) is 1.00. The summed E-state index contributed by atoms with van der Waals surface area (Å²) in [5, 5.41) is 9.72. The first-order chi connectivity index (χ1) is 50.3. The number of unbranched alkanes of at least 4 members (excludes halogenated alkanes) is 9. The number of hydrogen-bond acceptors (Lipinski definition) is 28. The van der Waals surface area contributed by atoms with Gasteiger partial charge in [0.2, 0.25) is 20.0 Å². The summed E-state index contributed by atoms with van der Waals surface area (Å²) >= 11 is 48.0. The van der Waals surface area contributed by atoms with E-state index in [-0.39, 0.29) is 18.8 Å². The number of likely N-dealkylation sites (tertiary alicyclic amines) is 2. The number of thiol groups is 12. The summed E-state index contributed by atoms with van der Waals surface area (Å²) in [5.41, 5.74) is -5.26. The molecule has 2 saturated heterocycles. The molecule has 0 aliphatic carbocycles. The Morgan fingerprint density at radius 3 is 0.981 bits per heavy atom. The number of nitrogens with one attached hydrogen (secondary N) is 7. The summed E-state index contributed by atoms with van der Waals surface area (Å²) in [6.45, 7) is 24.6. The Balaban J connectivity index is -0.000000120. The predicted molar refractivity (Wildman–Crippen MR) is 499 cm³/mol. The first-order valence-electron chi connectivity index (χ1n) is 37.2. The van der Waals surface area contributed by atoms with Crippen LogP contribution in [0.15, 0.2) is 0 Å². The molecule has 662 valence electrons. The second-order valence-electron chi connectivity index (χ2n) is 24.0. The molecule has 0 aromatic heterocycles. The average Bonchev–Trinajstić information content (AvgIpc) is 1.09. The zero-order valence-electron chi connectivity index (χ0n) is 66.6. The lowest BCUT2D eigenvalue weighted by Crippen LogP contribution is -2.37. The standard InChI is InChI=1S/C8H19NS.C7H15NS.C7H17NS.C6H13NS.2C6H15NS.C5H10F3NO2S2.C5H13NO2S2.C5H13NS.C4H11NS.C3H6F3NO2S2.C3H9NO2S2/c1-2-3-6-9-7-4-5-8-10;9-7-6-8-4-2-1-3-5-8;1-3-4-5-8(2)6-7-9;8-6-5-7-3-1-2-4-7;1-7(2)5-3-4-6-8;1-2-3-4-7-5-6-8;6-5(7,8)13(10,11)9-3-1-2-4-12;1-10(7,8)6-4-2-3-5-9;1-6-4-2-3-5-7;5-3-1-2-4-6;4-3(5,6)11(8,9)7-1-2-10;1-8(5,6)4-2-3-7/h9-10H,2-8H2,1H3;9H,1-7H2;9H,3-7H2,1-2H3;8H,1-6H2;8H,3-6H2,1-2H3;7-8H,2-6H2,1H3;9,12H,1-4H2;6,9H,2-5H2,1H3;6-7H,2-5H2,1H3;6H,1-5H2;7,10H,1-2H2;4,7H,2-3H2,1H3. The van der Waals surface area contributed by atoms with Gasteiger partial charge in [0.25, 0.3) is 0 Å². The van der Waals surface area contributed by atoms with Gasteiger partial charge in [0, 0.05) is 86.9 Å². The highest BCUT2D eigenvalue weighted by Gasteiger charge is 2.46. The molecule has 2 rings (SSSR count). The maximum atomic E-state index is 11.7. The predicted octanol–water partition coefficient (Wildman–Crippen LogP) is 11.5. The quantitative estimate of drug-likeness (QED) is 0.0153. The van der Waals surface area contributed by atoms with Crippen molar-refractivity contribution in [2.24, 2.45) is 5.73 Å². The molecule has 2 fully saturated rings. The van der Waals surface area contributed by atoms with E-state index in [4.69, 9.17) is 5.73 Å². The van der Waals surface area contributed by atoms with Crippen LogP contribution in [0.25, 0.3) is 0 Å². The Morgan fingerprint density at radius 1 is 0.355 bits per heavy atom. The lowest BCUT2D eigenvalue weighted by atomic mass is 10.1. The number of nitrogens with two attached hydrogens (primary N) is 1. The van der Waals surface area contributed by atoms with E-state index in [1.54, 1.807) is 0 Å². The molecule has 20 nitrogen and oxygen atoms in total. The van der Waals surface area contributed by atoms with Crippen molar-refractivity contribution in [3.8, 4) is 0 Å². The smallest absolute Gasteiger partial charge is 0.330 e. The first-order valence-corrected chi connectivity index (χ1v) is 51.5. The minimum Gasteiger partial charge on any atom is -0.330 e. The first kappa shape index (κ1) is 131. The molecule has 0 aromatic carbocycles. The molecule has 0 bridgehead atoms. The van der Waals surface area contributed by atoms with Gasteiger partial charge in [-0.05, 0) is 257 Å². The summed E-state index contributed by atoms with van der Waals surface area (Å²) in [5.74, 6) is 9.87. The third-order valence-corrected chi connectivity index (χ3v) is 20.1. The number of nitrogens with zero attached hydrogens (tertiary/aromatic N) is 4. The van der Waals surface area contributed by atoms with Crippen molar-refractivity contribution >= 4 is 192 Å². The Bertz CT molecular complexity index is 2100. The number of piperidine rings is 1. The molecule has 107 heavy (non-hydrogen) atoms. The molecule has 42 heteroatoms. The van der Waals surface area contributed by atoms with E-state index in [1.165, 1.54) is 184 Å². The molecular formula is C65H156F6N12O8S16. The number of sulfonamides is 4. The summed E-state index contributed by atoms with van der Waals surface area (Å²) in [6.07, 6.45) is 29.6. The van der Waals surface area contributed by atoms with Crippen molar-refractivity contribution < 1.29 is 60.0 Å². The number of rotatable bonds is 48. The zero-order chi connectivity index (χ0) is 84.4. The summed E-state index contributed by atoms with van der Waals surface area (Å²) in [7, 11) is -7.97. The van der Waals surface area contributed by atoms with Gasteiger partial charge in [0.1, 0.15) is 0 Å². The van der Waals surface area contributed by atoms with E-state index in [0.717, 1.165) is 123 Å². The minimum absolute atomic E-state index is 0.0231. The molecule has 2 aliphatic heterocycles. The van der Waals surface area contributed by atoms with Crippen molar-refractivity contribution in [3.63, 3.8) is 0 Å². The fourth-order valence-corrected chi connectivity index (χ4v) is 12.2. The molecule has 2 aliphatic rings. The number of halogens is 6. The summed E-state index contributed by atoms with van der Waals surface area (Å²) in [6, 6.07) is 0. The number of alkyl halides is 6. The molecule has 2 heterocycles. The summed E-state index contributed by atoms with van der Waals surface area (Å²) in [4.78, 5) is 9.48. The fourth-order valence-electron chi connectivity index (χ4n) is 7.20. The highest BCUT2D eigenvalue weighted by Crippen LogP contribution is 2.22. The molecule has 0 spiro atoms. The van der Waals surface area contributed by atoms with Gasteiger partial charge in [-0.3, -0.25) is 0 Å². The van der Waals surface area contributed by atoms with Crippen LogP contribution >= 0.6 is 152 Å². The Labute approximate surface area is 718 Å². The SMILES string of the molecule is CCCCN(C)CCS.CCCCNCCCCS.CCCCNCCS.CN(C)CCCCS.CNCCCCS.CS(=O)(=O)NCCCCS.CS(=O)(=O)NCCS.NCCCCS.O=S(=O)(NCCCCS)C(F)(F)F.O=S(=O)(NCCS)C(F)(F)F.SCCN1CCCC1.SCCN1CCCCC1. The van der Waals surface area contributed by atoms with E-state index >= 15 is 0 Å². The van der Waals surface area contributed by atoms with Crippen LogP contribution in [0.2, 0.25) is 0 Å². The highest BCUT2D eigenvalue weighted by molar-refractivity contribution is 7.91. The molecule has 9 N–H and O–H groups in total. The molecular weight excluding hydrogens is 1700 g/mol. The molecule has 0 atom stereocenters. The molecule has 0 amide bonds. The van der Waals surface area contributed by atoms with Crippen molar-refractivity contribution in [3.05, 3.63) is 0 Å². The van der Waals surface area contributed by atoms with Gasteiger partial charge in [-0.1, -0.05) is 46.5 Å². The average molecular weight is 1860 g/mol. The monoisotopic (exact) mass is 1860 g/mol. The third-order valence-electron chi connectivity index (χ3n) is 13.1. The van der Waals surface area contributed by atoms with Gasteiger partial charge < -0.3 is 41.3 Å². The van der Waals surface area contributed by atoms with Crippen LogP contribution in [0.5, 0.6) is 0 Å². The number of hydrogen-bond donors (Lipinski definition) is 20. The van der Waals surface area contributed by atoms with Crippen LogP contribution in [0.3, 0.4) is 0 Å². The Morgan fingerprint density at radius 2 is 0.673 bits per heavy atom. The van der Waals surface area contributed by atoms with E-state index in [9.17, 15) is 60.0 Å². The van der Waals surface area contributed by atoms with Gasteiger partial charge >= 0.3 is 31.1 Å². The van der Waals surface area contributed by atoms with Gasteiger partial charge in [-0.15, -0.1) is 0 Å². The van der Waals surface area contributed by atoms with Crippen LogP contribution in [0, 0.1) is 0 Å². The summed E-state index contributed by atoms with van der Waals surface area (Å²) < 4.78 is 159. The topological polar surface area (TPSA) is 260 Å².